The lowest BCUT2D eigenvalue weighted by atomic mass is 9.98. The monoisotopic (exact) mass is 357 g/mol. The number of imidazole rings is 1. The van der Waals surface area contributed by atoms with Crippen LogP contribution in [0.25, 0.3) is 11.1 Å². The van der Waals surface area contributed by atoms with Crippen LogP contribution in [0.3, 0.4) is 0 Å². The van der Waals surface area contributed by atoms with Gasteiger partial charge in [0.15, 0.2) is 0 Å². The third kappa shape index (κ3) is 3.70. The molecule has 1 aliphatic carbocycles. The molecule has 0 aliphatic heterocycles. The zero-order valence-electron chi connectivity index (χ0n) is 14.7. The highest BCUT2D eigenvalue weighted by molar-refractivity contribution is 5.79. The minimum absolute atomic E-state index is 0.0725. The first-order chi connectivity index (χ1) is 13.3. The highest BCUT2D eigenvalue weighted by Gasteiger charge is 2.28. The lowest BCUT2D eigenvalue weighted by molar-refractivity contribution is 0.143. The van der Waals surface area contributed by atoms with Crippen molar-refractivity contribution in [2.45, 2.75) is 12.3 Å². The van der Waals surface area contributed by atoms with Gasteiger partial charge in [0.05, 0.1) is 12.5 Å². The summed E-state index contributed by atoms with van der Waals surface area (Å²) in [6.07, 6.45) is 3.37. The first-order valence-corrected chi connectivity index (χ1v) is 8.89. The van der Waals surface area contributed by atoms with E-state index in [-0.39, 0.29) is 5.92 Å². The van der Waals surface area contributed by atoms with E-state index in [4.69, 9.17) is 4.74 Å². The number of ether oxygens (including phenoxy) is 1. The second-order valence-corrected chi connectivity index (χ2v) is 6.27. The van der Waals surface area contributed by atoms with E-state index in [0.29, 0.717) is 19.6 Å². The number of rotatable bonds is 4. The topological polar surface area (TPSA) is 67.0 Å². The summed E-state index contributed by atoms with van der Waals surface area (Å²) in [4.78, 5) is 18.8. The summed E-state index contributed by atoms with van der Waals surface area (Å²) in [7, 11) is 0. The number of nitrogens with one attached hydrogen (secondary N) is 2. The van der Waals surface area contributed by atoms with Gasteiger partial charge in [0.2, 0.25) is 0 Å². The average Bonchev–Trinajstić information content (AvgIpc) is 3.32. The second kappa shape index (κ2) is 7.79. The van der Waals surface area contributed by atoms with E-state index in [2.05, 4.69) is 51.4 Å². The second-order valence-electron chi connectivity index (χ2n) is 6.27. The Kier molecular flexibility index (Phi) is 4.88. The minimum atomic E-state index is -0.416. The molecule has 0 bridgehead atoms. The summed E-state index contributed by atoms with van der Waals surface area (Å²) in [6.45, 7) is 0.761. The van der Waals surface area contributed by atoms with Crippen LogP contribution in [0.2, 0.25) is 0 Å². The van der Waals surface area contributed by atoms with Gasteiger partial charge in [-0.15, -0.1) is 0 Å². The molecule has 0 saturated carbocycles. The summed E-state index contributed by atoms with van der Waals surface area (Å²) in [5.41, 5.74) is 5.61. The normalized spacial score (nSPS) is 11.9. The van der Waals surface area contributed by atoms with Crippen molar-refractivity contribution in [3.63, 3.8) is 0 Å². The molecule has 0 radical (unpaired) electrons. The maximum Gasteiger partial charge on any atom is 0.407 e. The maximum absolute atomic E-state index is 12.0. The van der Waals surface area contributed by atoms with Crippen LogP contribution in [0.15, 0.2) is 61.1 Å². The van der Waals surface area contributed by atoms with E-state index in [1.54, 1.807) is 12.5 Å². The molecular weight excluding hydrogens is 338 g/mol. The van der Waals surface area contributed by atoms with E-state index < -0.39 is 6.09 Å². The summed E-state index contributed by atoms with van der Waals surface area (Å²) in [6, 6.07) is 16.6. The predicted octanol–water partition coefficient (Wildman–Crippen LogP) is 3.69. The largest absolute Gasteiger partial charge is 0.449 e. The average molecular weight is 357 g/mol. The van der Waals surface area contributed by atoms with Gasteiger partial charge in [-0.3, -0.25) is 0 Å². The molecule has 4 rings (SSSR count). The molecule has 3 aromatic rings. The lowest BCUT2D eigenvalue weighted by Gasteiger charge is -2.14. The fraction of sp³-hybridized carbons (Fsp3) is 0.182. The number of hydrogen-bond donors (Lipinski definition) is 2. The Morgan fingerprint density at radius 1 is 1.11 bits per heavy atom. The van der Waals surface area contributed by atoms with E-state index in [0.717, 1.165) is 5.69 Å². The molecule has 0 spiro atoms. The third-order valence-corrected chi connectivity index (χ3v) is 4.58. The Balaban J connectivity index is 1.31. The number of fused-ring (bicyclic) bond motifs is 3. The summed E-state index contributed by atoms with van der Waals surface area (Å²) in [5.74, 6) is 5.98. The minimum Gasteiger partial charge on any atom is -0.449 e. The van der Waals surface area contributed by atoms with E-state index in [1.165, 1.54) is 22.3 Å². The molecule has 5 nitrogen and oxygen atoms in total. The van der Waals surface area contributed by atoms with E-state index in [1.807, 2.05) is 24.3 Å². The highest BCUT2D eigenvalue weighted by Crippen LogP contribution is 2.44. The third-order valence-electron chi connectivity index (χ3n) is 4.58. The number of nitrogens with zero attached hydrogens (tertiary/aromatic N) is 1. The molecule has 0 unspecified atom stereocenters. The SMILES string of the molecule is O=C(NCCC#Cc1cnc[nH]1)OCC1c2ccccc2-c2ccccc21. The number of carbonyl (C=O) groups excluding carboxylic acids is 1. The van der Waals surface area contributed by atoms with Crippen molar-refractivity contribution in [1.82, 2.24) is 15.3 Å². The fourth-order valence-corrected chi connectivity index (χ4v) is 3.36. The van der Waals surface area contributed by atoms with Crippen LogP contribution in [-0.4, -0.2) is 29.2 Å². The highest BCUT2D eigenvalue weighted by atomic mass is 16.5. The quantitative estimate of drug-likeness (QED) is 0.553. The van der Waals surface area contributed by atoms with Gasteiger partial charge in [-0.25, -0.2) is 9.78 Å². The number of benzene rings is 2. The number of H-pyrrole nitrogens is 1. The Morgan fingerprint density at radius 3 is 2.48 bits per heavy atom. The molecule has 134 valence electrons. The molecule has 0 atom stereocenters. The van der Waals surface area contributed by atoms with Crippen LogP contribution >= 0.6 is 0 Å². The maximum atomic E-state index is 12.0. The van der Waals surface area contributed by atoms with Crippen molar-refractivity contribution in [3.8, 4) is 23.0 Å². The van der Waals surface area contributed by atoms with Crippen molar-refractivity contribution in [2.75, 3.05) is 13.2 Å². The van der Waals surface area contributed by atoms with Crippen LogP contribution in [0.5, 0.6) is 0 Å². The molecule has 2 aromatic carbocycles. The summed E-state index contributed by atoms with van der Waals surface area (Å²) >= 11 is 0. The Morgan fingerprint density at radius 2 is 1.81 bits per heavy atom. The van der Waals surface area contributed by atoms with Crippen LogP contribution < -0.4 is 5.32 Å². The fourth-order valence-electron chi connectivity index (χ4n) is 3.36. The van der Waals surface area contributed by atoms with Crippen LogP contribution in [-0.2, 0) is 4.74 Å². The number of aromatic nitrogens is 2. The molecule has 1 aromatic heterocycles. The first kappa shape index (κ1) is 16.9. The van der Waals surface area contributed by atoms with Gasteiger partial charge in [-0.05, 0) is 28.2 Å². The van der Waals surface area contributed by atoms with Crippen molar-refractivity contribution >= 4 is 6.09 Å². The Bertz CT molecular complexity index is 954. The van der Waals surface area contributed by atoms with Gasteiger partial charge in [0, 0.05) is 18.9 Å². The number of alkyl carbamates (subject to hydrolysis) is 1. The summed E-state index contributed by atoms with van der Waals surface area (Å²) < 4.78 is 5.48. The smallest absolute Gasteiger partial charge is 0.407 e. The Labute approximate surface area is 157 Å². The molecule has 1 amide bonds. The van der Waals surface area contributed by atoms with Crippen LogP contribution in [0.4, 0.5) is 4.79 Å². The number of carbonyl (C=O) groups is 1. The molecule has 1 heterocycles. The zero-order chi connectivity index (χ0) is 18.5. The predicted molar refractivity (Wildman–Crippen MR) is 103 cm³/mol. The van der Waals surface area contributed by atoms with Gasteiger partial charge in [0.1, 0.15) is 12.3 Å². The lowest BCUT2D eigenvalue weighted by Crippen LogP contribution is -2.26. The number of hydrogen-bond acceptors (Lipinski definition) is 3. The van der Waals surface area contributed by atoms with Gasteiger partial charge in [-0.2, -0.15) is 0 Å². The van der Waals surface area contributed by atoms with E-state index >= 15 is 0 Å². The Hall–Kier alpha value is -3.52. The molecule has 2 N–H and O–H groups in total. The van der Waals surface area contributed by atoms with Crippen LogP contribution in [0, 0.1) is 11.8 Å². The summed E-state index contributed by atoms with van der Waals surface area (Å²) in [5, 5.41) is 2.75. The molecule has 0 fully saturated rings. The number of aromatic amines is 1. The van der Waals surface area contributed by atoms with Crippen molar-refractivity contribution in [3.05, 3.63) is 77.9 Å². The van der Waals surface area contributed by atoms with Crippen molar-refractivity contribution < 1.29 is 9.53 Å². The van der Waals surface area contributed by atoms with Crippen molar-refractivity contribution in [2.24, 2.45) is 0 Å². The van der Waals surface area contributed by atoms with E-state index in [9.17, 15) is 4.79 Å². The zero-order valence-corrected chi connectivity index (χ0v) is 14.7. The van der Waals surface area contributed by atoms with Gasteiger partial charge < -0.3 is 15.0 Å². The first-order valence-electron chi connectivity index (χ1n) is 8.89. The molecular formula is C22H19N3O2. The standard InChI is InChI=1S/C22H19N3O2/c26-22(24-12-6-5-7-16-13-23-15-25-16)27-14-21-19-10-3-1-8-17(19)18-9-2-4-11-20(18)21/h1-4,8-11,13,15,21H,6,12,14H2,(H,23,25)(H,24,26). The number of amides is 1. The van der Waals surface area contributed by atoms with Crippen molar-refractivity contribution in [1.29, 1.82) is 0 Å². The molecule has 5 heteroatoms. The molecule has 1 aliphatic rings. The molecule has 27 heavy (non-hydrogen) atoms. The van der Waals surface area contributed by atoms with Gasteiger partial charge >= 0.3 is 6.09 Å². The van der Waals surface area contributed by atoms with Crippen LogP contribution in [0.1, 0.15) is 29.2 Å². The molecule has 0 saturated heterocycles. The van der Waals surface area contributed by atoms with Gasteiger partial charge in [-0.1, -0.05) is 54.5 Å². The van der Waals surface area contributed by atoms with Gasteiger partial charge in [0.25, 0.3) is 0 Å².